The molecule has 1 aromatic heterocycles. The monoisotopic (exact) mass is 237 g/mol. The molecule has 0 fully saturated rings. The van der Waals surface area contributed by atoms with Gasteiger partial charge in [-0.1, -0.05) is 29.8 Å². The molecule has 0 saturated carbocycles. The third-order valence-corrected chi connectivity index (χ3v) is 2.78. The summed E-state index contributed by atoms with van der Waals surface area (Å²) >= 11 is 6.08. The fourth-order valence-corrected chi connectivity index (χ4v) is 1.90. The highest BCUT2D eigenvalue weighted by Crippen LogP contribution is 2.25. The second-order valence-corrected chi connectivity index (χ2v) is 3.93. The zero-order valence-corrected chi connectivity index (χ0v) is 9.38. The van der Waals surface area contributed by atoms with Gasteiger partial charge in [0.25, 0.3) is 0 Å². The Balaban J connectivity index is 2.20. The zero-order chi connectivity index (χ0) is 11.4. The molecular formula is C11H12ClN3O. The second-order valence-electron chi connectivity index (χ2n) is 3.52. The van der Waals surface area contributed by atoms with Crippen LogP contribution in [0.5, 0.6) is 0 Å². The van der Waals surface area contributed by atoms with Crippen molar-refractivity contribution >= 4 is 11.6 Å². The number of nitrogens with zero attached hydrogens (tertiary/aromatic N) is 3. The van der Waals surface area contributed by atoms with Gasteiger partial charge in [0.05, 0.1) is 13.2 Å². The topological polar surface area (TPSA) is 50.9 Å². The lowest BCUT2D eigenvalue weighted by atomic mass is 10.00. The van der Waals surface area contributed by atoms with Crippen molar-refractivity contribution < 1.29 is 5.11 Å². The van der Waals surface area contributed by atoms with Crippen molar-refractivity contribution in [2.45, 2.75) is 12.5 Å². The van der Waals surface area contributed by atoms with Gasteiger partial charge < -0.3 is 5.11 Å². The molecule has 84 valence electrons. The molecule has 2 aromatic rings. The van der Waals surface area contributed by atoms with Gasteiger partial charge in [-0.15, -0.1) is 0 Å². The minimum absolute atomic E-state index is 0.0313. The normalized spacial score (nSPS) is 12.6. The van der Waals surface area contributed by atoms with Crippen molar-refractivity contribution in [3.05, 3.63) is 47.5 Å². The van der Waals surface area contributed by atoms with Crippen molar-refractivity contribution in [2.75, 3.05) is 6.61 Å². The molecule has 1 aromatic carbocycles. The molecule has 0 aliphatic heterocycles. The maximum atomic E-state index is 9.38. The van der Waals surface area contributed by atoms with Gasteiger partial charge in [0.15, 0.2) is 0 Å². The summed E-state index contributed by atoms with van der Waals surface area (Å²) in [6.45, 7) is 0.601. The van der Waals surface area contributed by atoms with E-state index in [4.69, 9.17) is 11.6 Å². The fraction of sp³-hybridized carbons (Fsp3) is 0.273. The van der Waals surface area contributed by atoms with E-state index < -0.39 is 0 Å². The second kappa shape index (κ2) is 5.09. The SMILES string of the molecule is OCC(Cn1cncn1)c1ccccc1Cl. The lowest BCUT2D eigenvalue weighted by Gasteiger charge is -2.15. The third kappa shape index (κ3) is 2.40. The molecule has 0 aliphatic carbocycles. The Morgan fingerprint density at radius 2 is 2.19 bits per heavy atom. The highest BCUT2D eigenvalue weighted by atomic mass is 35.5. The molecule has 16 heavy (non-hydrogen) atoms. The van der Waals surface area contributed by atoms with Gasteiger partial charge in [0.2, 0.25) is 0 Å². The molecule has 0 bridgehead atoms. The minimum atomic E-state index is -0.0598. The van der Waals surface area contributed by atoms with Crippen molar-refractivity contribution in [3.8, 4) is 0 Å². The minimum Gasteiger partial charge on any atom is -0.396 e. The number of hydrogen-bond donors (Lipinski definition) is 1. The van der Waals surface area contributed by atoms with Gasteiger partial charge in [-0.2, -0.15) is 5.10 Å². The molecule has 0 saturated heterocycles. The first-order valence-electron chi connectivity index (χ1n) is 4.99. The molecule has 1 heterocycles. The summed E-state index contributed by atoms with van der Waals surface area (Å²) in [4.78, 5) is 3.86. The lowest BCUT2D eigenvalue weighted by molar-refractivity contribution is 0.249. The van der Waals surface area contributed by atoms with Gasteiger partial charge in [-0.25, -0.2) is 4.98 Å². The van der Waals surface area contributed by atoms with Crippen LogP contribution in [0.4, 0.5) is 0 Å². The molecule has 1 N–H and O–H groups in total. The number of rotatable bonds is 4. The Morgan fingerprint density at radius 3 is 2.81 bits per heavy atom. The molecule has 0 amide bonds. The van der Waals surface area contributed by atoms with Crippen LogP contribution in [-0.2, 0) is 6.54 Å². The molecule has 0 aliphatic rings. The average molecular weight is 238 g/mol. The number of hydrogen-bond acceptors (Lipinski definition) is 3. The molecular weight excluding hydrogens is 226 g/mol. The standard InChI is InChI=1S/C11H12ClN3O/c12-11-4-2-1-3-10(11)9(6-16)5-15-8-13-7-14-15/h1-4,7-9,16H,5-6H2. The van der Waals surface area contributed by atoms with Crippen molar-refractivity contribution in [3.63, 3.8) is 0 Å². The van der Waals surface area contributed by atoms with Crippen LogP contribution < -0.4 is 0 Å². The third-order valence-electron chi connectivity index (χ3n) is 2.44. The fourth-order valence-electron chi connectivity index (χ4n) is 1.61. The van der Waals surface area contributed by atoms with Crippen LogP contribution >= 0.6 is 11.6 Å². The summed E-state index contributed by atoms with van der Waals surface area (Å²) in [6.07, 6.45) is 3.10. The lowest BCUT2D eigenvalue weighted by Crippen LogP contribution is -2.13. The Morgan fingerprint density at radius 1 is 1.38 bits per heavy atom. The van der Waals surface area contributed by atoms with E-state index in [0.29, 0.717) is 11.6 Å². The van der Waals surface area contributed by atoms with Crippen LogP contribution in [0.2, 0.25) is 5.02 Å². The van der Waals surface area contributed by atoms with Crippen LogP contribution in [0.1, 0.15) is 11.5 Å². The Hall–Kier alpha value is -1.39. The summed E-state index contributed by atoms with van der Waals surface area (Å²) in [5, 5.41) is 14.1. The summed E-state index contributed by atoms with van der Waals surface area (Å²) in [5.74, 6) is -0.0598. The quantitative estimate of drug-likeness (QED) is 0.881. The van der Waals surface area contributed by atoms with Crippen LogP contribution in [0.25, 0.3) is 0 Å². The molecule has 0 radical (unpaired) electrons. The van der Waals surface area contributed by atoms with Crippen LogP contribution in [0, 0.1) is 0 Å². The molecule has 1 atom stereocenters. The molecule has 2 rings (SSSR count). The number of benzene rings is 1. The molecule has 0 spiro atoms. The summed E-state index contributed by atoms with van der Waals surface area (Å²) < 4.78 is 1.68. The van der Waals surface area contributed by atoms with E-state index in [-0.39, 0.29) is 12.5 Å². The smallest absolute Gasteiger partial charge is 0.137 e. The maximum absolute atomic E-state index is 9.38. The highest BCUT2D eigenvalue weighted by molar-refractivity contribution is 6.31. The van der Waals surface area contributed by atoms with Crippen LogP contribution in [-0.4, -0.2) is 26.5 Å². The van der Waals surface area contributed by atoms with Gasteiger partial charge >= 0.3 is 0 Å². The summed E-state index contributed by atoms with van der Waals surface area (Å²) in [6, 6.07) is 7.52. The van der Waals surface area contributed by atoms with Gasteiger partial charge in [0.1, 0.15) is 12.7 Å². The summed E-state index contributed by atoms with van der Waals surface area (Å²) in [7, 11) is 0. The van der Waals surface area contributed by atoms with E-state index in [1.165, 1.54) is 6.33 Å². The van der Waals surface area contributed by atoms with Crippen molar-refractivity contribution in [1.82, 2.24) is 14.8 Å². The Labute approximate surface area is 98.5 Å². The van der Waals surface area contributed by atoms with Crippen LogP contribution in [0.15, 0.2) is 36.9 Å². The first kappa shape index (κ1) is 11.1. The van der Waals surface area contributed by atoms with E-state index in [2.05, 4.69) is 10.1 Å². The van der Waals surface area contributed by atoms with Gasteiger partial charge in [-0.05, 0) is 11.6 Å². The van der Waals surface area contributed by atoms with E-state index in [1.54, 1.807) is 11.0 Å². The molecule has 5 heteroatoms. The number of halogens is 1. The predicted molar refractivity (Wildman–Crippen MR) is 61.3 cm³/mol. The predicted octanol–water partition coefficient (Wildman–Crippen LogP) is 1.71. The Kier molecular flexibility index (Phi) is 3.54. The maximum Gasteiger partial charge on any atom is 0.137 e. The average Bonchev–Trinajstić information content (AvgIpc) is 2.80. The first-order valence-corrected chi connectivity index (χ1v) is 5.36. The number of aromatic nitrogens is 3. The Bertz CT molecular complexity index is 444. The largest absolute Gasteiger partial charge is 0.396 e. The van der Waals surface area contributed by atoms with E-state index in [1.807, 2.05) is 24.3 Å². The van der Waals surface area contributed by atoms with Gasteiger partial charge in [-0.3, -0.25) is 4.68 Å². The van der Waals surface area contributed by atoms with Crippen molar-refractivity contribution in [2.24, 2.45) is 0 Å². The van der Waals surface area contributed by atoms with E-state index in [0.717, 1.165) is 5.56 Å². The molecule has 4 nitrogen and oxygen atoms in total. The highest BCUT2D eigenvalue weighted by Gasteiger charge is 2.14. The van der Waals surface area contributed by atoms with Crippen molar-refractivity contribution in [1.29, 1.82) is 0 Å². The zero-order valence-electron chi connectivity index (χ0n) is 8.62. The number of aliphatic hydroxyl groups is 1. The summed E-state index contributed by atoms with van der Waals surface area (Å²) in [5.41, 5.74) is 0.933. The van der Waals surface area contributed by atoms with Gasteiger partial charge in [0, 0.05) is 10.9 Å². The first-order chi connectivity index (χ1) is 7.81. The van der Waals surface area contributed by atoms with Crippen LogP contribution in [0.3, 0.4) is 0 Å². The van der Waals surface area contributed by atoms with E-state index >= 15 is 0 Å². The molecule has 1 unspecified atom stereocenters. The number of aliphatic hydroxyl groups excluding tert-OH is 1. The van der Waals surface area contributed by atoms with E-state index in [9.17, 15) is 5.11 Å².